The standard InChI is InChI=1S/C7H12N2/c8-5-4-7(9)6-2-1-3-6/h6-7H,1-4,9H2/t7-/m1/s1. The topological polar surface area (TPSA) is 49.8 Å². The highest BCUT2D eigenvalue weighted by molar-refractivity contribution is 4.86. The minimum Gasteiger partial charge on any atom is -0.327 e. The van der Waals surface area contributed by atoms with E-state index in [1.54, 1.807) is 0 Å². The molecule has 0 aromatic heterocycles. The van der Waals surface area contributed by atoms with Crippen LogP contribution in [0, 0.1) is 17.2 Å². The molecule has 2 nitrogen and oxygen atoms in total. The van der Waals surface area contributed by atoms with E-state index in [9.17, 15) is 0 Å². The Morgan fingerprint density at radius 1 is 1.67 bits per heavy atom. The second-order valence-corrected chi connectivity index (χ2v) is 2.72. The van der Waals surface area contributed by atoms with Crippen LogP contribution < -0.4 is 5.73 Å². The van der Waals surface area contributed by atoms with Gasteiger partial charge in [-0.1, -0.05) is 6.42 Å². The Kier molecular flexibility index (Phi) is 2.07. The molecule has 1 saturated carbocycles. The van der Waals surface area contributed by atoms with Crippen molar-refractivity contribution in [3.8, 4) is 6.07 Å². The lowest BCUT2D eigenvalue weighted by atomic mass is 9.79. The first-order chi connectivity index (χ1) is 4.34. The van der Waals surface area contributed by atoms with Gasteiger partial charge in [-0.3, -0.25) is 0 Å². The average Bonchev–Trinajstić information content (AvgIpc) is 1.60. The van der Waals surface area contributed by atoms with E-state index in [2.05, 4.69) is 6.07 Å². The molecule has 0 unspecified atom stereocenters. The molecule has 1 aliphatic carbocycles. The third-order valence-electron chi connectivity index (χ3n) is 2.08. The normalized spacial score (nSPS) is 22.2. The zero-order valence-electron chi connectivity index (χ0n) is 5.51. The van der Waals surface area contributed by atoms with Crippen LogP contribution >= 0.6 is 0 Å². The monoisotopic (exact) mass is 124 g/mol. The van der Waals surface area contributed by atoms with Gasteiger partial charge in [0, 0.05) is 6.04 Å². The molecule has 0 amide bonds. The Hall–Kier alpha value is -0.550. The zero-order valence-corrected chi connectivity index (χ0v) is 5.51. The summed E-state index contributed by atoms with van der Waals surface area (Å²) in [6.07, 6.45) is 4.32. The lowest BCUT2D eigenvalue weighted by Gasteiger charge is -2.29. The highest BCUT2D eigenvalue weighted by Crippen LogP contribution is 2.29. The Labute approximate surface area is 55.7 Å². The second-order valence-electron chi connectivity index (χ2n) is 2.72. The van der Waals surface area contributed by atoms with Gasteiger partial charge >= 0.3 is 0 Å². The lowest BCUT2D eigenvalue weighted by molar-refractivity contribution is 0.263. The molecule has 2 N–H and O–H groups in total. The van der Waals surface area contributed by atoms with Crippen molar-refractivity contribution in [2.75, 3.05) is 0 Å². The van der Waals surface area contributed by atoms with Gasteiger partial charge in [0.05, 0.1) is 12.5 Å². The van der Waals surface area contributed by atoms with E-state index in [1.165, 1.54) is 19.3 Å². The van der Waals surface area contributed by atoms with Crippen molar-refractivity contribution in [3.05, 3.63) is 0 Å². The van der Waals surface area contributed by atoms with E-state index >= 15 is 0 Å². The molecule has 50 valence electrons. The van der Waals surface area contributed by atoms with Crippen molar-refractivity contribution in [2.45, 2.75) is 31.7 Å². The summed E-state index contributed by atoms with van der Waals surface area (Å²) >= 11 is 0. The third kappa shape index (κ3) is 1.43. The van der Waals surface area contributed by atoms with Crippen molar-refractivity contribution in [3.63, 3.8) is 0 Å². The Morgan fingerprint density at radius 3 is 2.67 bits per heavy atom. The molecule has 9 heavy (non-hydrogen) atoms. The number of nitrogens with two attached hydrogens (primary N) is 1. The van der Waals surface area contributed by atoms with Crippen molar-refractivity contribution >= 4 is 0 Å². The van der Waals surface area contributed by atoms with Crippen molar-refractivity contribution in [1.29, 1.82) is 5.26 Å². The van der Waals surface area contributed by atoms with Gasteiger partial charge in [0.2, 0.25) is 0 Å². The minimum absolute atomic E-state index is 0.156. The summed E-state index contributed by atoms with van der Waals surface area (Å²) in [5.74, 6) is 0.657. The van der Waals surface area contributed by atoms with Gasteiger partial charge in [0.15, 0.2) is 0 Å². The molecule has 0 bridgehead atoms. The first-order valence-electron chi connectivity index (χ1n) is 3.47. The fourth-order valence-electron chi connectivity index (χ4n) is 1.14. The molecular weight excluding hydrogens is 112 g/mol. The molecule has 0 aliphatic heterocycles. The second kappa shape index (κ2) is 2.84. The molecule has 0 aromatic rings. The first-order valence-corrected chi connectivity index (χ1v) is 3.47. The molecule has 1 aliphatic rings. The summed E-state index contributed by atoms with van der Waals surface area (Å²) in [4.78, 5) is 0. The van der Waals surface area contributed by atoms with Crippen molar-refractivity contribution in [2.24, 2.45) is 11.7 Å². The first kappa shape index (κ1) is 6.57. The van der Waals surface area contributed by atoms with E-state index in [-0.39, 0.29) is 6.04 Å². The maximum atomic E-state index is 8.28. The highest BCUT2D eigenvalue weighted by atomic mass is 14.7. The van der Waals surface area contributed by atoms with E-state index < -0.39 is 0 Å². The van der Waals surface area contributed by atoms with Crippen LogP contribution in [0.15, 0.2) is 0 Å². The molecule has 2 heteroatoms. The van der Waals surface area contributed by atoms with Gasteiger partial charge in [-0.05, 0) is 18.8 Å². The molecule has 0 aromatic carbocycles. The fraction of sp³-hybridized carbons (Fsp3) is 0.857. The molecule has 1 rings (SSSR count). The van der Waals surface area contributed by atoms with Gasteiger partial charge in [0.25, 0.3) is 0 Å². The minimum atomic E-state index is 0.156. The molecular formula is C7H12N2. The lowest BCUT2D eigenvalue weighted by Crippen LogP contribution is -2.33. The Morgan fingerprint density at radius 2 is 2.33 bits per heavy atom. The molecule has 1 atom stereocenters. The third-order valence-corrected chi connectivity index (χ3v) is 2.08. The largest absolute Gasteiger partial charge is 0.327 e. The summed E-state index contributed by atoms with van der Waals surface area (Å²) in [5.41, 5.74) is 5.67. The van der Waals surface area contributed by atoms with Gasteiger partial charge in [-0.2, -0.15) is 5.26 Å². The summed E-state index contributed by atoms with van der Waals surface area (Å²) in [7, 11) is 0. The maximum absolute atomic E-state index is 8.28. The highest BCUT2D eigenvalue weighted by Gasteiger charge is 2.23. The van der Waals surface area contributed by atoms with Crippen molar-refractivity contribution < 1.29 is 0 Å². The summed E-state index contributed by atoms with van der Waals surface area (Å²) in [6.45, 7) is 0. The van der Waals surface area contributed by atoms with Crippen LogP contribution in [0.5, 0.6) is 0 Å². The van der Waals surface area contributed by atoms with Crippen LogP contribution in [-0.2, 0) is 0 Å². The average molecular weight is 124 g/mol. The quantitative estimate of drug-likeness (QED) is 0.597. The number of nitrogens with zero attached hydrogens (tertiary/aromatic N) is 1. The molecule has 0 spiro atoms. The van der Waals surface area contributed by atoms with Crippen LogP contribution in [0.4, 0.5) is 0 Å². The SMILES string of the molecule is N#CC[C@@H](N)C1CCC1. The van der Waals surface area contributed by atoms with E-state index in [4.69, 9.17) is 11.0 Å². The van der Waals surface area contributed by atoms with Gasteiger partial charge in [0.1, 0.15) is 0 Å². The Bertz CT molecular complexity index is 121. The van der Waals surface area contributed by atoms with Crippen LogP contribution in [0.2, 0.25) is 0 Å². The van der Waals surface area contributed by atoms with Crippen LogP contribution in [0.1, 0.15) is 25.7 Å². The van der Waals surface area contributed by atoms with E-state index in [0.717, 1.165) is 0 Å². The molecule has 0 saturated heterocycles. The van der Waals surface area contributed by atoms with E-state index in [1.807, 2.05) is 0 Å². The number of rotatable bonds is 2. The number of nitriles is 1. The smallest absolute Gasteiger partial charge is 0.0638 e. The fourth-order valence-corrected chi connectivity index (χ4v) is 1.14. The summed E-state index contributed by atoms with van der Waals surface area (Å²) < 4.78 is 0. The van der Waals surface area contributed by atoms with E-state index in [0.29, 0.717) is 12.3 Å². The predicted octanol–water partition coefficient (Wildman–Crippen LogP) is 1.03. The maximum Gasteiger partial charge on any atom is 0.0638 e. The van der Waals surface area contributed by atoms with Gasteiger partial charge in [-0.25, -0.2) is 0 Å². The van der Waals surface area contributed by atoms with Crippen LogP contribution in [0.25, 0.3) is 0 Å². The molecule has 1 fully saturated rings. The summed E-state index contributed by atoms with van der Waals surface area (Å²) in [6, 6.07) is 2.25. The van der Waals surface area contributed by atoms with Gasteiger partial charge in [-0.15, -0.1) is 0 Å². The molecule has 0 radical (unpaired) electrons. The zero-order chi connectivity index (χ0) is 6.69. The van der Waals surface area contributed by atoms with Crippen LogP contribution in [-0.4, -0.2) is 6.04 Å². The van der Waals surface area contributed by atoms with Gasteiger partial charge < -0.3 is 5.73 Å². The molecule has 0 heterocycles. The Balaban J connectivity index is 2.17. The summed E-state index contributed by atoms with van der Waals surface area (Å²) in [5, 5.41) is 8.28. The number of hydrogen-bond donors (Lipinski definition) is 1. The van der Waals surface area contributed by atoms with Crippen LogP contribution in [0.3, 0.4) is 0 Å². The van der Waals surface area contributed by atoms with Crippen molar-refractivity contribution in [1.82, 2.24) is 0 Å². The predicted molar refractivity (Wildman–Crippen MR) is 35.5 cm³/mol. The number of hydrogen-bond acceptors (Lipinski definition) is 2.